The molecule has 0 spiro atoms. The van der Waals surface area contributed by atoms with E-state index in [1.807, 2.05) is 36.4 Å². The molecule has 0 unspecified atom stereocenters. The minimum absolute atomic E-state index is 0.242. The highest BCUT2D eigenvalue weighted by Crippen LogP contribution is 2.40. The molecule has 1 saturated heterocycles. The van der Waals surface area contributed by atoms with Crippen LogP contribution in [0, 0.1) is 0 Å². The predicted octanol–water partition coefficient (Wildman–Crippen LogP) is 6.90. The molecule has 1 aliphatic heterocycles. The molecule has 4 aromatic carbocycles. The fourth-order valence-electron chi connectivity index (χ4n) is 4.55. The van der Waals surface area contributed by atoms with Gasteiger partial charge in [-0.1, -0.05) is 48.9 Å². The molecule has 5 rings (SSSR count). The van der Waals surface area contributed by atoms with E-state index in [1.165, 1.54) is 32.4 Å². The number of nitrogens with zero attached hydrogens (tertiary/aromatic N) is 1. The van der Waals surface area contributed by atoms with E-state index < -0.39 is 0 Å². The zero-order valence-electron chi connectivity index (χ0n) is 18.8. The summed E-state index contributed by atoms with van der Waals surface area (Å²) in [5.74, 6) is 1.82. The number of hydrogen-bond donors (Lipinski definition) is 2. The zero-order chi connectivity index (χ0) is 22.5. The standard InChI is InChI=1S/C29H30N2O2/c32-25-9-6-8-23(21-25)28-16-11-22-7-2-3-10-27(22)29(28)33-26-14-12-24(13-15-26)30-17-20-31-18-4-1-5-19-31/h2-3,6-16,21,30,32H,1,4-5,17-20H2. The van der Waals surface area contributed by atoms with Gasteiger partial charge in [0.1, 0.15) is 17.2 Å². The van der Waals surface area contributed by atoms with Crippen molar-refractivity contribution in [1.29, 1.82) is 0 Å². The lowest BCUT2D eigenvalue weighted by molar-refractivity contribution is 0.237. The first-order valence-electron chi connectivity index (χ1n) is 11.8. The Labute approximate surface area is 195 Å². The zero-order valence-corrected chi connectivity index (χ0v) is 18.8. The van der Waals surface area contributed by atoms with Crippen LogP contribution in [0.4, 0.5) is 5.69 Å². The Balaban J connectivity index is 1.35. The van der Waals surface area contributed by atoms with Gasteiger partial charge in [-0.2, -0.15) is 0 Å². The van der Waals surface area contributed by atoms with E-state index in [0.29, 0.717) is 0 Å². The molecule has 168 valence electrons. The maximum atomic E-state index is 10.0. The molecule has 4 heteroatoms. The fourth-order valence-corrected chi connectivity index (χ4v) is 4.55. The number of ether oxygens (including phenoxy) is 1. The first kappa shape index (κ1) is 21.4. The van der Waals surface area contributed by atoms with Crippen molar-refractivity contribution >= 4 is 16.5 Å². The summed E-state index contributed by atoms with van der Waals surface area (Å²) in [5, 5.41) is 15.7. The number of fused-ring (bicyclic) bond motifs is 1. The molecule has 33 heavy (non-hydrogen) atoms. The number of hydrogen-bond acceptors (Lipinski definition) is 4. The second kappa shape index (κ2) is 9.97. The van der Waals surface area contributed by atoms with Gasteiger partial charge in [-0.25, -0.2) is 0 Å². The van der Waals surface area contributed by atoms with E-state index in [9.17, 15) is 5.11 Å². The number of likely N-dealkylation sites (tertiary alicyclic amines) is 1. The Bertz CT molecular complexity index is 1210. The van der Waals surface area contributed by atoms with Crippen LogP contribution in [-0.2, 0) is 0 Å². The first-order chi connectivity index (χ1) is 16.3. The molecule has 0 radical (unpaired) electrons. The van der Waals surface area contributed by atoms with E-state index >= 15 is 0 Å². The maximum absolute atomic E-state index is 10.0. The summed E-state index contributed by atoms with van der Waals surface area (Å²) in [5.41, 5.74) is 2.98. The van der Waals surface area contributed by atoms with Crippen LogP contribution in [0.15, 0.2) is 84.9 Å². The molecule has 0 aliphatic carbocycles. The van der Waals surface area contributed by atoms with Crippen molar-refractivity contribution in [2.45, 2.75) is 19.3 Å². The molecule has 1 aliphatic rings. The number of aromatic hydroxyl groups is 1. The van der Waals surface area contributed by atoms with E-state index in [4.69, 9.17) is 4.74 Å². The largest absolute Gasteiger partial charge is 0.508 e. The number of phenolic OH excluding ortho intramolecular Hbond substituents is 1. The smallest absolute Gasteiger partial charge is 0.143 e. The minimum Gasteiger partial charge on any atom is -0.508 e. The summed E-state index contributed by atoms with van der Waals surface area (Å²) in [7, 11) is 0. The summed E-state index contributed by atoms with van der Waals surface area (Å²) in [6.45, 7) is 4.48. The highest BCUT2D eigenvalue weighted by Gasteiger charge is 2.13. The molecule has 0 bridgehead atoms. The monoisotopic (exact) mass is 438 g/mol. The van der Waals surface area contributed by atoms with Crippen LogP contribution >= 0.6 is 0 Å². The summed E-state index contributed by atoms with van der Waals surface area (Å²) in [6.07, 6.45) is 4.02. The number of piperidine rings is 1. The third-order valence-electron chi connectivity index (χ3n) is 6.32. The summed E-state index contributed by atoms with van der Waals surface area (Å²) in [4.78, 5) is 2.54. The van der Waals surface area contributed by atoms with Crippen molar-refractivity contribution in [3.8, 4) is 28.4 Å². The fraction of sp³-hybridized carbons (Fsp3) is 0.241. The number of anilines is 1. The van der Waals surface area contributed by atoms with E-state index in [-0.39, 0.29) is 5.75 Å². The highest BCUT2D eigenvalue weighted by atomic mass is 16.5. The van der Waals surface area contributed by atoms with Gasteiger partial charge in [0, 0.05) is 29.7 Å². The topological polar surface area (TPSA) is 44.7 Å². The Morgan fingerprint density at radius 3 is 2.45 bits per heavy atom. The quantitative estimate of drug-likeness (QED) is 0.329. The SMILES string of the molecule is Oc1cccc(-c2ccc3ccccc3c2Oc2ccc(NCCN3CCCCC3)cc2)c1. The third-order valence-corrected chi connectivity index (χ3v) is 6.32. The lowest BCUT2D eigenvalue weighted by Gasteiger charge is -2.26. The maximum Gasteiger partial charge on any atom is 0.143 e. The third kappa shape index (κ3) is 5.12. The second-order valence-electron chi connectivity index (χ2n) is 8.67. The molecule has 2 N–H and O–H groups in total. The minimum atomic E-state index is 0.242. The van der Waals surface area contributed by atoms with Gasteiger partial charge in [-0.15, -0.1) is 0 Å². The first-order valence-corrected chi connectivity index (χ1v) is 11.8. The van der Waals surface area contributed by atoms with Crippen LogP contribution in [0.3, 0.4) is 0 Å². The van der Waals surface area contributed by atoms with E-state index in [2.05, 4.69) is 46.6 Å². The van der Waals surface area contributed by atoms with Crippen LogP contribution in [0.5, 0.6) is 17.2 Å². The number of rotatable bonds is 7. The molecule has 1 fully saturated rings. The molecular weight excluding hydrogens is 408 g/mol. The van der Waals surface area contributed by atoms with Gasteiger partial charge in [0.05, 0.1) is 0 Å². The lowest BCUT2D eigenvalue weighted by Crippen LogP contribution is -2.33. The Kier molecular flexibility index (Phi) is 6.45. The lowest BCUT2D eigenvalue weighted by atomic mass is 9.99. The Morgan fingerprint density at radius 2 is 1.64 bits per heavy atom. The van der Waals surface area contributed by atoms with Crippen LogP contribution in [0.2, 0.25) is 0 Å². The Hall–Kier alpha value is -3.50. The molecule has 4 nitrogen and oxygen atoms in total. The molecule has 4 aromatic rings. The predicted molar refractivity (Wildman–Crippen MR) is 136 cm³/mol. The van der Waals surface area contributed by atoms with Gasteiger partial charge >= 0.3 is 0 Å². The van der Waals surface area contributed by atoms with Gasteiger partial charge in [0.2, 0.25) is 0 Å². The van der Waals surface area contributed by atoms with Crippen LogP contribution in [-0.4, -0.2) is 36.2 Å². The van der Waals surface area contributed by atoms with Crippen molar-refractivity contribution in [2.75, 3.05) is 31.5 Å². The molecule has 0 amide bonds. The average molecular weight is 439 g/mol. The van der Waals surface area contributed by atoms with Crippen LogP contribution < -0.4 is 10.1 Å². The number of benzene rings is 4. The second-order valence-corrected chi connectivity index (χ2v) is 8.67. The highest BCUT2D eigenvalue weighted by molar-refractivity contribution is 5.95. The van der Waals surface area contributed by atoms with Gasteiger partial charge < -0.3 is 20.1 Å². The van der Waals surface area contributed by atoms with Gasteiger partial charge in [0.15, 0.2) is 0 Å². The van der Waals surface area contributed by atoms with Crippen LogP contribution in [0.25, 0.3) is 21.9 Å². The molecule has 0 atom stereocenters. The molecule has 0 aromatic heterocycles. The van der Waals surface area contributed by atoms with Crippen molar-refractivity contribution < 1.29 is 9.84 Å². The molecule has 1 heterocycles. The van der Waals surface area contributed by atoms with Crippen molar-refractivity contribution in [3.63, 3.8) is 0 Å². The Morgan fingerprint density at radius 1 is 0.818 bits per heavy atom. The summed E-state index contributed by atoms with van der Waals surface area (Å²) < 4.78 is 6.45. The van der Waals surface area contributed by atoms with Crippen LogP contribution in [0.1, 0.15) is 19.3 Å². The van der Waals surface area contributed by atoms with Crippen molar-refractivity contribution in [3.05, 3.63) is 84.9 Å². The number of phenols is 1. The number of nitrogens with one attached hydrogen (secondary N) is 1. The summed E-state index contributed by atoms with van der Waals surface area (Å²) >= 11 is 0. The normalized spacial score (nSPS) is 14.3. The average Bonchev–Trinajstić information content (AvgIpc) is 2.86. The molecule has 0 saturated carbocycles. The van der Waals surface area contributed by atoms with Gasteiger partial charge in [-0.05, 0) is 79.3 Å². The van der Waals surface area contributed by atoms with Crippen molar-refractivity contribution in [2.24, 2.45) is 0 Å². The van der Waals surface area contributed by atoms with E-state index in [0.717, 1.165) is 52.2 Å². The van der Waals surface area contributed by atoms with Crippen molar-refractivity contribution in [1.82, 2.24) is 4.90 Å². The summed E-state index contributed by atoms with van der Waals surface area (Å²) in [6, 6.07) is 27.8. The molecular formula is C29H30N2O2. The van der Waals surface area contributed by atoms with Gasteiger partial charge in [0.25, 0.3) is 0 Å². The van der Waals surface area contributed by atoms with Gasteiger partial charge in [-0.3, -0.25) is 0 Å². The van der Waals surface area contributed by atoms with E-state index in [1.54, 1.807) is 12.1 Å².